The van der Waals surface area contributed by atoms with E-state index in [1.165, 1.54) is 27.8 Å². The van der Waals surface area contributed by atoms with Gasteiger partial charge in [-0.15, -0.1) is 0 Å². The van der Waals surface area contributed by atoms with Crippen LogP contribution in [0.5, 0.6) is 5.75 Å². The molecule has 3 heteroatoms. The average molecular weight is 384 g/mol. The predicted octanol–water partition coefficient (Wildman–Crippen LogP) is 6.27. The molecule has 0 spiro atoms. The fourth-order valence-corrected chi connectivity index (χ4v) is 3.76. The molecule has 0 amide bonds. The standard InChI is InChI=1S/C26H24O3/c1-16-12-17(2)19(4)24(18(16)3)15-28-21-10-11-22-23(20-8-6-5-7-9-20)14-26(27)29-25(22)13-21/h5-14H,15H2,1-4H3. The Bertz CT molecular complexity index is 1220. The van der Waals surface area contributed by atoms with Crippen molar-refractivity contribution in [3.8, 4) is 16.9 Å². The summed E-state index contributed by atoms with van der Waals surface area (Å²) in [6, 6.07) is 19.3. The summed E-state index contributed by atoms with van der Waals surface area (Å²) in [5, 5.41) is 0.891. The van der Waals surface area contributed by atoms with Crippen LogP contribution in [0.2, 0.25) is 0 Å². The van der Waals surface area contributed by atoms with Crippen LogP contribution in [0.4, 0.5) is 0 Å². The van der Waals surface area contributed by atoms with Crippen LogP contribution in [0.25, 0.3) is 22.1 Å². The highest BCUT2D eigenvalue weighted by Gasteiger charge is 2.11. The van der Waals surface area contributed by atoms with Crippen molar-refractivity contribution in [2.24, 2.45) is 0 Å². The molecule has 1 aromatic heterocycles. The van der Waals surface area contributed by atoms with Crippen molar-refractivity contribution in [1.29, 1.82) is 0 Å². The molecule has 0 aliphatic carbocycles. The maximum absolute atomic E-state index is 12.1. The largest absolute Gasteiger partial charge is 0.489 e. The summed E-state index contributed by atoms with van der Waals surface area (Å²) < 4.78 is 11.6. The molecular formula is C26H24O3. The van der Waals surface area contributed by atoms with Crippen molar-refractivity contribution in [2.45, 2.75) is 34.3 Å². The van der Waals surface area contributed by atoms with Crippen LogP contribution in [0.3, 0.4) is 0 Å². The van der Waals surface area contributed by atoms with E-state index >= 15 is 0 Å². The van der Waals surface area contributed by atoms with E-state index in [0.29, 0.717) is 17.9 Å². The van der Waals surface area contributed by atoms with Gasteiger partial charge in [0.25, 0.3) is 0 Å². The summed E-state index contributed by atoms with van der Waals surface area (Å²) >= 11 is 0. The Labute approximate surface area is 170 Å². The summed E-state index contributed by atoms with van der Waals surface area (Å²) in [7, 11) is 0. The summed E-state index contributed by atoms with van der Waals surface area (Å²) in [5.41, 5.74) is 8.27. The molecule has 0 saturated carbocycles. The van der Waals surface area contributed by atoms with Crippen LogP contribution in [-0.2, 0) is 6.61 Å². The van der Waals surface area contributed by atoms with Crippen LogP contribution in [0, 0.1) is 27.7 Å². The average Bonchev–Trinajstić information content (AvgIpc) is 2.72. The highest BCUT2D eigenvalue weighted by Crippen LogP contribution is 2.30. The lowest BCUT2D eigenvalue weighted by Gasteiger charge is -2.16. The van der Waals surface area contributed by atoms with Gasteiger partial charge in [-0.05, 0) is 78.8 Å². The minimum Gasteiger partial charge on any atom is -0.489 e. The van der Waals surface area contributed by atoms with E-state index < -0.39 is 0 Å². The number of rotatable bonds is 4. The van der Waals surface area contributed by atoms with Gasteiger partial charge >= 0.3 is 5.63 Å². The maximum atomic E-state index is 12.1. The second kappa shape index (κ2) is 7.59. The lowest BCUT2D eigenvalue weighted by molar-refractivity contribution is 0.304. The normalized spacial score (nSPS) is 11.0. The number of hydrogen-bond acceptors (Lipinski definition) is 3. The van der Waals surface area contributed by atoms with Gasteiger partial charge in [-0.25, -0.2) is 4.79 Å². The van der Waals surface area contributed by atoms with E-state index in [0.717, 1.165) is 16.5 Å². The Morgan fingerprint density at radius 2 is 1.52 bits per heavy atom. The molecule has 0 aliphatic heterocycles. The molecule has 0 radical (unpaired) electrons. The van der Waals surface area contributed by atoms with Crippen molar-refractivity contribution in [1.82, 2.24) is 0 Å². The van der Waals surface area contributed by atoms with E-state index in [1.807, 2.05) is 42.5 Å². The van der Waals surface area contributed by atoms with Crippen LogP contribution < -0.4 is 10.4 Å². The molecular weight excluding hydrogens is 360 g/mol. The Hall–Kier alpha value is -3.33. The second-order valence-corrected chi connectivity index (χ2v) is 7.53. The second-order valence-electron chi connectivity index (χ2n) is 7.53. The first-order valence-electron chi connectivity index (χ1n) is 9.76. The predicted molar refractivity (Wildman–Crippen MR) is 118 cm³/mol. The molecule has 4 aromatic rings. The molecule has 1 heterocycles. The first-order valence-corrected chi connectivity index (χ1v) is 9.76. The number of aryl methyl sites for hydroxylation is 2. The first-order chi connectivity index (χ1) is 13.9. The Morgan fingerprint density at radius 1 is 0.828 bits per heavy atom. The fraction of sp³-hybridized carbons (Fsp3) is 0.192. The minimum atomic E-state index is -0.366. The Kier molecular flexibility index (Phi) is 4.98. The molecule has 146 valence electrons. The zero-order chi connectivity index (χ0) is 20.5. The summed E-state index contributed by atoms with van der Waals surface area (Å²) in [6.07, 6.45) is 0. The molecule has 4 rings (SSSR count). The van der Waals surface area contributed by atoms with Crippen LogP contribution >= 0.6 is 0 Å². The highest BCUT2D eigenvalue weighted by atomic mass is 16.5. The lowest BCUT2D eigenvalue weighted by Crippen LogP contribution is -2.04. The zero-order valence-corrected chi connectivity index (χ0v) is 17.2. The summed E-state index contributed by atoms with van der Waals surface area (Å²) in [4.78, 5) is 12.1. The van der Waals surface area contributed by atoms with Crippen molar-refractivity contribution in [3.63, 3.8) is 0 Å². The van der Waals surface area contributed by atoms with E-state index in [2.05, 4.69) is 33.8 Å². The molecule has 0 bridgehead atoms. The lowest BCUT2D eigenvalue weighted by atomic mass is 9.95. The molecule has 0 fully saturated rings. The molecule has 3 aromatic carbocycles. The Balaban J connectivity index is 1.70. The van der Waals surface area contributed by atoms with E-state index in [1.54, 1.807) is 12.1 Å². The third kappa shape index (κ3) is 3.68. The molecule has 0 unspecified atom stereocenters. The minimum absolute atomic E-state index is 0.366. The van der Waals surface area contributed by atoms with E-state index in [4.69, 9.17) is 9.15 Å². The van der Waals surface area contributed by atoms with Crippen molar-refractivity contribution >= 4 is 11.0 Å². The smallest absolute Gasteiger partial charge is 0.336 e. The summed E-state index contributed by atoms with van der Waals surface area (Å²) in [5.74, 6) is 0.684. The van der Waals surface area contributed by atoms with Crippen LogP contribution in [0.1, 0.15) is 27.8 Å². The third-order valence-corrected chi connectivity index (χ3v) is 5.71. The zero-order valence-electron chi connectivity index (χ0n) is 17.2. The fourth-order valence-electron chi connectivity index (χ4n) is 3.76. The molecule has 0 atom stereocenters. The van der Waals surface area contributed by atoms with Crippen LogP contribution in [-0.4, -0.2) is 0 Å². The van der Waals surface area contributed by atoms with Gasteiger partial charge in [-0.3, -0.25) is 0 Å². The highest BCUT2D eigenvalue weighted by molar-refractivity contribution is 5.93. The van der Waals surface area contributed by atoms with Gasteiger partial charge in [0.1, 0.15) is 17.9 Å². The monoisotopic (exact) mass is 384 g/mol. The van der Waals surface area contributed by atoms with Gasteiger partial charge in [-0.1, -0.05) is 36.4 Å². The number of hydrogen-bond donors (Lipinski definition) is 0. The van der Waals surface area contributed by atoms with Crippen molar-refractivity contribution in [2.75, 3.05) is 0 Å². The molecule has 0 saturated heterocycles. The van der Waals surface area contributed by atoms with Gasteiger partial charge < -0.3 is 9.15 Å². The van der Waals surface area contributed by atoms with Gasteiger partial charge in [0, 0.05) is 17.5 Å². The Morgan fingerprint density at radius 3 is 2.21 bits per heavy atom. The van der Waals surface area contributed by atoms with Gasteiger partial charge in [-0.2, -0.15) is 0 Å². The van der Waals surface area contributed by atoms with Gasteiger partial charge in [0.15, 0.2) is 0 Å². The summed E-state index contributed by atoms with van der Waals surface area (Å²) in [6.45, 7) is 8.99. The number of benzene rings is 3. The molecule has 0 N–H and O–H groups in total. The maximum Gasteiger partial charge on any atom is 0.336 e. The molecule has 0 aliphatic rings. The topological polar surface area (TPSA) is 39.4 Å². The van der Waals surface area contributed by atoms with Crippen molar-refractivity contribution in [3.05, 3.63) is 98.9 Å². The SMILES string of the molecule is Cc1cc(C)c(C)c(COc2ccc3c(-c4ccccc4)cc(=O)oc3c2)c1C. The van der Waals surface area contributed by atoms with Crippen molar-refractivity contribution < 1.29 is 9.15 Å². The van der Waals surface area contributed by atoms with E-state index in [-0.39, 0.29) is 5.63 Å². The van der Waals surface area contributed by atoms with E-state index in [9.17, 15) is 4.79 Å². The van der Waals surface area contributed by atoms with Crippen LogP contribution in [0.15, 0.2) is 69.9 Å². The number of ether oxygens (including phenoxy) is 1. The first kappa shape index (κ1) is 19.0. The molecule has 29 heavy (non-hydrogen) atoms. The van der Waals surface area contributed by atoms with Gasteiger partial charge in [0.05, 0.1) is 0 Å². The molecule has 3 nitrogen and oxygen atoms in total. The third-order valence-electron chi connectivity index (χ3n) is 5.71. The quantitative estimate of drug-likeness (QED) is 0.389. The van der Waals surface area contributed by atoms with Gasteiger partial charge in [0.2, 0.25) is 0 Å². The number of fused-ring (bicyclic) bond motifs is 1.